The van der Waals surface area contributed by atoms with Crippen molar-refractivity contribution in [2.24, 2.45) is 5.92 Å². The second kappa shape index (κ2) is 8.32. The van der Waals surface area contributed by atoms with Crippen LogP contribution in [0.25, 0.3) is 0 Å². The Labute approximate surface area is 152 Å². The Kier molecular flexibility index (Phi) is 5.89. The molecule has 1 atom stereocenters. The highest BCUT2D eigenvalue weighted by Crippen LogP contribution is 2.49. The quantitative estimate of drug-likeness (QED) is 0.659. The number of hydrogen-bond donors (Lipinski definition) is 0. The number of rotatable bonds is 9. The van der Waals surface area contributed by atoms with E-state index in [0.29, 0.717) is 5.92 Å². The zero-order valence-corrected chi connectivity index (χ0v) is 15.2. The fraction of sp³-hybridized carbons (Fsp3) is 0.435. The fourth-order valence-electron chi connectivity index (χ4n) is 3.81. The summed E-state index contributed by atoms with van der Waals surface area (Å²) in [4.78, 5) is 2.40. The predicted octanol–water partition coefficient (Wildman–Crippen LogP) is 4.81. The summed E-state index contributed by atoms with van der Waals surface area (Å²) in [5, 5.41) is 9.99. The first-order valence-electron chi connectivity index (χ1n) is 9.44. The van der Waals surface area contributed by atoms with Crippen LogP contribution >= 0.6 is 0 Å². The number of benzene rings is 2. The van der Waals surface area contributed by atoms with Crippen molar-refractivity contribution in [1.29, 1.82) is 5.26 Å². The van der Waals surface area contributed by atoms with Gasteiger partial charge in [-0.2, -0.15) is 5.26 Å². The molecule has 0 aromatic heterocycles. The Morgan fingerprint density at radius 1 is 1.00 bits per heavy atom. The minimum Gasteiger partial charge on any atom is -0.306 e. The molecule has 2 aromatic carbocycles. The summed E-state index contributed by atoms with van der Waals surface area (Å²) >= 11 is 0. The van der Waals surface area contributed by atoms with E-state index in [9.17, 15) is 5.26 Å². The van der Waals surface area contributed by atoms with Gasteiger partial charge in [0.2, 0.25) is 0 Å². The van der Waals surface area contributed by atoms with Crippen molar-refractivity contribution in [3.05, 3.63) is 71.8 Å². The maximum absolute atomic E-state index is 9.99. The van der Waals surface area contributed by atoms with E-state index in [2.05, 4.69) is 72.6 Å². The molecule has 1 saturated carbocycles. The zero-order chi connectivity index (χ0) is 17.5. The largest absolute Gasteiger partial charge is 0.306 e. The van der Waals surface area contributed by atoms with Gasteiger partial charge in [-0.1, -0.05) is 60.7 Å². The summed E-state index contributed by atoms with van der Waals surface area (Å²) in [6.07, 6.45) is 5.53. The second-order valence-corrected chi connectivity index (χ2v) is 7.37. The molecule has 2 nitrogen and oxygen atoms in total. The Morgan fingerprint density at radius 2 is 1.64 bits per heavy atom. The van der Waals surface area contributed by atoms with Gasteiger partial charge in [-0.3, -0.25) is 0 Å². The van der Waals surface area contributed by atoms with Crippen LogP contribution < -0.4 is 0 Å². The van der Waals surface area contributed by atoms with Gasteiger partial charge in [-0.05, 0) is 62.7 Å². The maximum atomic E-state index is 9.99. The molecular formula is C23H28N2. The van der Waals surface area contributed by atoms with Crippen molar-refractivity contribution >= 4 is 0 Å². The van der Waals surface area contributed by atoms with Crippen molar-refractivity contribution in [3.63, 3.8) is 0 Å². The highest BCUT2D eigenvalue weighted by Gasteiger charge is 2.46. The summed E-state index contributed by atoms with van der Waals surface area (Å²) in [7, 11) is 2.19. The first-order chi connectivity index (χ1) is 12.2. The summed E-state index contributed by atoms with van der Waals surface area (Å²) in [6.45, 7) is 2.12. The van der Waals surface area contributed by atoms with Crippen LogP contribution in [0, 0.1) is 17.2 Å². The standard InChI is InChI=1S/C23H28N2/c1-25(18-15-20-9-4-2-5-10-20)17-8-16-23(19-24,22-13-14-22)21-11-6-3-7-12-21/h2-7,9-12,22H,8,13-18H2,1H3/t23-/m1/s1. The average molecular weight is 332 g/mol. The van der Waals surface area contributed by atoms with Gasteiger partial charge in [0.15, 0.2) is 0 Å². The number of nitrogens with zero attached hydrogens (tertiary/aromatic N) is 2. The average Bonchev–Trinajstić information content (AvgIpc) is 3.51. The first-order valence-corrected chi connectivity index (χ1v) is 9.44. The van der Waals surface area contributed by atoms with Crippen LogP contribution in [0.3, 0.4) is 0 Å². The molecule has 25 heavy (non-hydrogen) atoms. The Balaban J connectivity index is 1.53. The zero-order valence-electron chi connectivity index (χ0n) is 15.2. The van der Waals surface area contributed by atoms with Gasteiger partial charge in [-0.15, -0.1) is 0 Å². The van der Waals surface area contributed by atoms with E-state index in [0.717, 1.165) is 32.4 Å². The van der Waals surface area contributed by atoms with Gasteiger partial charge in [0.25, 0.3) is 0 Å². The first kappa shape index (κ1) is 17.7. The lowest BCUT2D eigenvalue weighted by atomic mass is 9.74. The monoisotopic (exact) mass is 332 g/mol. The van der Waals surface area contributed by atoms with Crippen molar-refractivity contribution < 1.29 is 0 Å². The minimum absolute atomic E-state index is 0.276. The SMILES string of the molecule is CN(CCC[C@@](C#N)(c1ccccc1)C1CC1)CCc1ccccc1. The van der Waals surface area contributed by atoms with Crippen molar-refractivity contribution in [2.45, 2.75) is 37.5 Å². The summed E-state index contributed by atoms with van der Waals surface area (Å²) in [6, 6.07) is 23.8. The third kappa shape index (κ3) is 4.50. The van der Waals surface area contributed by atoms with E-state index in [1.54, 1.807) is 0 Å². The predicted molar refractivity (Wildman–Crippen MR) is 103 cm³/mol. The molecule has 3 rings (SSSR count). The van der Waals surface area contributed by atoms with E-state index in [-0.39, 0.29) is 5.41 Å². The molecule has 2 heteroatoms. The maximum Gasteiger partial charge on any atom is 0.0850 e. The van der Waals surface area contributed by atoms with Crippen LogP contribution in [0.15, 0.2) is 60.7 Å². The molecule has 1 aliphatic rings. The molecule has 130 valence electrons. The van der Waals surface area contributed by atoms with Gasteiger partial charge >= 0.3 is 0 Å². The van der Waals surface area contributed by atoms with Gasteiger partial charge < -0.3 is 4.90 Å². The summed E-state index contributed by atoms with van der Waals surface area (Å²) in [5.41, 5.74) is 2.33. The highest BCUT2D eigenvalue weighted by atomic mass is 15.1. The van der Waals surface area contributed by atoms with Gasteiger partial charge in [-0.25, -0.2) is 0 Å². The minimum atomic E-state index is -0.276. The Bertz CT molecular complexity index is 685. The van der Waals surface area contributed by atoms with Crippen LogP contribution in [0.1, 0.15) is 36.8 Å². The van der Waals surface area contributed by atoms with E-state index in [4.69, 9.17) is 0 Å². The van der Waals surface area contributed by atoms with Crippen LogP contribution in [0.4, 0.5) is 0 Å². The summed E-state index contributed by atoms with van der Waals surface area (Å²) in [5.74, 6) is 0.550. The van der Waals surface area contributed by atoms with Crippen LogP contribution in [0.2, 0.25) is 0 Å². The molecule has 1 aliphatic carbocycles. The molecule has 0 N–H and O–H groups in total. The lowest BCUT2D eigenvalue weighted by molar-refractivity contribution is 0.308. The van der Waals surface area contributed by atoms with E-state index >= 15 is 0 Å². The number of nitriles is 1. The fourth-order valence-corrected chi connectivity index (χ4v) is 3.81. The lowest BCUT2D eigenvalue weighted by Gasteiger charge is -2.28. The molecule has 0 bridgehead atoms. The Morgan fingerprint density at radius 3 is 2.24 bits per heavy atom. The molecule has 0 unspecified atom stereocenters. The lowest BCUT2D eigenvalue weighted by Crippen LogP contribution is -2.29. The van der Waals surface area contributed by atoms with Crippen molar-refractivity contribution in [1.82, 2.24) is 4.90 Å². The molecule has 0 aliphatic heterocycles. The normalized spacial score (nSPS) is 16.4. The van der Waals surface area contributed by atoms with E-state index in [1.807, 2.05) is 6.07 Å². The van der Waals surface area contributed by atoms with Crippen LogP contribution in [0.5, 0.6) is 0 Å². The number of hydrogen-bond acceptors (Lipinski definition) is 2. The molecule has 0 saturated heterocycles. The van der Waals surface area contributed by atoms with Gasteiger partial charge in [0.05, 0.1) is 11.5 Å². The molecule has 0 amide bonds. The van der Waals surface area contributed by atoms with Gasteiger partial charge in [0, 0.05) is 6.54 Å². The molecule has 0 spiro atoms. The number of likely N-dealkylation sites (N-methyl/N-ethyl adjacent to an activating group) is 1. The molecule has 0 radical (unpaired) electrons. The van der Waals surface area contributed by atoms with Crippen molar-refractivity contribution in [2.75, 3.05) is 20.1 Å². The summed E-state index contributed by atoms with van der Waals surface area (Å²) < 4.78 is 0. The van der Waals surface area contributed by atoms with Crippen LogP contribution in [-0.2, 0) is 11.8 Å². The Hall–Kier alpha value is -2.11. The van der Waals surface area contributed by atoms with E-state index < -0.39 is 0 Å². The molecule has 1 fully saturated rings. The molecular weight excluding hydrogens is 304 g/mol. The molecule has 0 heterocycles. The highest BCUT2D eigenvalue weighted by molar-refractivity contribution is 5.35. The smallest absolute Gasteiger partial charge is 0.0850 e. The topological polar surface area (TPSA) is 27.0 Å². The third-order valence-electron chi connectivity index (χ3n) is 5.50. The van der Waals surface area contributed by atoms with Crippen molar-refractivity contribution in [3.8, 4) is 6.07 Å². The molecule has 2 aromatic rings. The van der Waals surface area contributed by atoms with Gasteiger partial charge in [0.1, 0.15) is 0 Å². The van der Waals surface area contributed by atoms with E-state index in [1.165, 1.54) is 24.0 Å². The third-order valence-corrected chi connectivity index (χ3v) is 5.50. The second-order valence-electron chi connectivity index (χ2n) is 7.37. The van der Waals surface area contributed by atoms with Crippen LogP contribution in [-0.4, -0.2) is 25.0 Å².